The van der Waals surface area contributed by atoms with Crippen LogP contribution < -0.4 is 5.32 Å². The number of amides is 1. The Kier molecular flexibility index (Phi) is 5.59. The number of Topliss-reactive ketones (excluding diaryl/α,β-unsaturated/α-hetero) is 1. The number of rotatable bonds is 8. The number of hydrogen-bond donors (Lipinski definition) is 1. The summed E-state index contributed by atoms with van der Waals surface area (Å²) in [4.78, 5) is 37.2. The predicted molar refractivity (Wildman–Crippen MR) is 107 cm³/mol. The zero-order chi connectivity index (χ0) is 19.7. The Morgan fingerprint density at radius 2 is 1.82 bits per heavy atom. The molecule has 1 amide bonds. The molecule has 0 spiro atoms. The first-order chi connectivity index (χ1) is 13.4. The molecule has 1 aromatic rings. The van der Waals surface area contributed by atoms with E-state index in [1.807, 2.05) is 5.38 Å². The summed E-state index contributed by atoms with van der Waals surface area (Å²) in [5, 5.41) is 6.45. The van der Waals surface area contributed by atoms with Crippen molar-refractivity contribution in [1.29, 1.82) is 0 Å². The fourth-order valence-corrected chi connectivity index (χ4v) is 6.72. The van der Waals surface area contributed by atoms with Gasteiger partial charge in [0.25, 0.3) is 5.91 Å². The second kappa shape index (κ2) is 7.97. The summed E-state index contributed by atoms with van der Waals surface area (Å²) in [7, 11) is 0. The van der Waals surface area contributed by atoms with Gasteiger partial charge in [-0.1, -0.05) is 0 Å². The molecule has 1 atom stereocenters. The van der Waals surface area contributed by atoms with Crippen molar-refractivity contribution in [3.05, 3.63) is 22.4 Å². The Labute approximate surface area is 170 Å². The fraction of sp³-hybridized carbons (Fsp3) is 0.682. The van der Waals surface area contributed by atoms with Crippen LogP contribution in [0, 0.1) is 23.2 Å². The highest BCUT2D eigenvalue weighted by atomic mass is 32.1. The van der Waals surface area contributed by atoms with Crippen LogP contribution in [-0.4, -0.2) is 30.3 Å². The van der Waals surface area contributed by atoms with E-state index in [0.717, 1.165) is 19.3 Å². The molecular formula is C22H29NO4S. The molecule has 1 unspecified atom stereocenters. The minimum atomic E-state index is -0.663. The second-order valence-corrected chi connectivity index (χ2v) is 9.85. The molecule has 4 aliphatic rings. The smallest absolute Gasteiger partial charge is 0.306 e. The molecule has 4 aliphatic carbocycles. The molecule has 0 radical (unpaired) electrons. The lowest BCUT2D eigenvalue weighted by Gasteiger charge is -2.56. The molecule has 28 heavy (non-hydrogen) atoms. The lowest BCUT2D eigenvalue weighted by atomic mass is 9.48. The van der Waals surface area contributed by atoms with Gasteiger partial charge >= 0.3 is 5.97 Å². The normalized spacial score (nSPS) is 31.4. The van der Waals surface area contributed by atoms with Crippen molar-refractivity contribution in [2.75, 3.05) is 6.54 Å². The third-order valence-electron chi connectivity index (χ3n) is 6.86. The van der Waals surface area contributed by atoms with Gasteiger partial charge in [-0.25, -0.2) is 0 Å². The van der Waals surface area contributed by atoms with Gasteiger partial charge in [-0.3, -0.25) is 14.4 Å². The van der Waals surface area contributed by atoms with Gasteiger partial charge in [-0.15, -0.1) is 0 Å². The molecule has 1 N–H and O–H groups in total. The molecule has 1 aromatic heterocycles. The molecule has 6 heteroatoms. The Morgan fingerprint density at radius 1 is 1.18 bits per heavy atom. The number of thiophene rings is 1. The minimum Gasteiger partial charge on any atom is -0.455 e. The highest BCUT2D eigenvalue weighted by molar-refractivity contribution is 7.08. The van der Waals surface area contributed by atoms with Crippen molar-refractivity contribution >= 4 is 29.0 Å². The molecule has 4 bridgehead atoms. The summed E-state index contributed by atoms with van der Waals surface area (Å²) >= 11 is 1.47. The van der Waals surface area contributed by atoms with E-state index >= 15 is 0 Å². The Morgan fingerprint density at radius 3 is 2.39 bits per heavy atom. The first kappa shape index (κ1) is 19.6. The summed E-state index contributed by atoms with van der Waals surface area (Å²) < 4.78 is 5.48. The van der Waals surface area contributed by atoms with Crippen molar-refractivity contribution in [2.45, 2.75) is 64.4 Å². The molecule has 4 fully saturated rings. The maximum atomic E-state index is 13.1. The summed E-state index contributed by atoms with van der Waals surface area (Å²) in [6.45, 7) is 2.15. The van der Waals surface area contributed by atoms with E-state index in [2.05, 4.69) is 5.32 Å². The Hall–Kier alpha value is -1.69. The van der Waals surface area contributed by atoms with E-state index < -0.39 is 6.10 Å². The third-order valence-corrected chi connectivity index (χ3v) is 7.55. The zero-order valence-corrected chi connectivity index (χ0v) is 17.3. The van der Waals surface area contributed by atoms with Gasteiger partial charge in [0, 0.05) is 29.3 Å². The van der Waals surface area contributed by atoms with Crippen molar-refractivity contribution in [3.8, 4) is 0 Å². The van der Waals surface area contributed by atoms with Crippen LogP contribution >= 0.6 is 11.3 Å². The van der Waals surface area contributed by atoms with E-state index in [9.17, 15) is 14.4 Å². The molecule has 0 saturated heterocycles. The van der Waals surface area contributed by atoms with Gasteiger partial charge < -0.3 is 10.1 Å². The minimum absolute atomic E-state index is 0.125. The number of hydrogen-bond acceptors (Lipinski definition) is 5. The quantitative estimate of drug-likeness (QED) is 0.526. The van der Waals surface area contributed by atoms with Crippen molar-refractivity contribution in [3.63, 3.8) is 0 Å². The third kappa shape index (κ3) is 4.02. The number of carbonyl (C=O) groups excluding carboxylic acids is 3. The van der Waals surface area contributed by atoms with Gasteiger partial charge in [0.1, 0.15) is 0 Å². The molecule has 0 aliphatic heterocycles. The summed E-state index contributed by atoms with van der Waals surface area (Å²) in [6.07, 6.45) is 6.91. The standard InChI is InChI=1S/C22H29NO4S/c1-14(20(25)22-10-15-7-16(11-22)9-17(8-15)12-22)27-19(24)3-2-5-23-21(26)18-4-6-28-13-18/h4,6,13-17H,2-3,5,7-12H2,1H3,(H,23,26). The highest BCUT2D eigenvalue weighted by Gasteiger charge is 2.55. The number of nitrogens with one attached hydrogen (secondary N) is 1. The van der Waals surface area contributed by atoms with E-state index in [-0.39, 0.29) is 29.5 Å². The van der Waals surface area contributed by atoms with Crippen molar-refractivity contribution in [1.82, 2.24) is 5.32 Å². The molecule has 0 aromatic carbocycles. The van der Waals surface area contributed by atoms with Gasteiger partial charge in [0.05, 0.1) is 0 Å². The maximum Gasteiger partial charge on any atom is 0.306 e. The predicted octanol–water partition coefficient (Wildman–Crippen LogP) is 3.98. The molecular weight excluding hydrogens is 374 g/mol. The number of carbonyl (C=O) groups is 3. The molecule has 4 saturated carbocycles. The van der Waals surface area contributed by atoms with Crippen LogP contribution in [0.15, 0.2) is 16.8 Å². The van der Waals surface area contributed by atoms with Crippen LogP contribution in [0.1, 0.15) is 68.6 Å². The lowest BCUT2D eigenvalue weighted by Crippen LogP contribution is -2.52. The second-order valence-electron chi connectivity index (χ2n) is 9.07. The van der Waals surface area contributed by atoms with Crippen LogP contribution in [0.4, 0.5) is 0 Å². The molecule has 152 valence electrons. The summed E-state index contributed by atoms with van der Waals surface area (Å²) in [5.41, 5.74) is 0.408. The molecule has 5 rings (SSSR count). The summed E-state index contributed by atoms with van der Waals surface area (Å²) in [6, 6.07) is 1.77. The van der Waals surface area contributed by atoms with Gasteiger partial charge in [0.15, 0.2) is 11.9 Å². The number of esters is 1. The highest BCUT2D eigenvalue weighted by Crippen LogP contribution is 2.60. The SMILES string of the molecule is CC(OC(=O)CCCNC(=O)c1ccsc1)C(=O)C12CC3CC(CC(C3)C1)C2. The van der Waals surface area contributed by atoms with Gasteiger partial charge in [-0.05, 0) is 81.1 Å². The van der Waals surface area contributed by atoms with Crippen LogP contribution in [0.5, 0.6) is 0 Å². The van der Waals surface area contributed by atoms with Crippen molar-refractivity contribution in [2.24, 2.45) is 23.2 Å². The van der Waals surface area contributed by atoms with Gasteiger partial charge in [-0.2, -0.15) is 11.3 Å². The van der Waals surface area contributed by atoms with E-state index in [4.69, 9.17) is 4.74 Å². The monoisotopic (exact) mass is 403 g/mol. The van der Waals surface area contributed by atoms with E-state index in [1.165, 1.54) is 30.6 Å². The van der Waals surface area contributed by atoms with Crippen LogP contribution in [0.2, 0.25) is 0 Å². The Bertz CT molecular complexity index is 706. The van der Waals surface area contributed by atoms with Crippen LogP contribution in [0.3, 0.4) is 0 Å². The first-order valence-electron chi connectivity index (χ1n) is 10.5. The number of ether oxygens (including phenoxy) is 1. The average molecular weight is 404 g/mol. The number of ketones is 1. The van der Waals surface area contributed by atoms with Crippen LogP contribution in [-0.2, 0) is 14.3 Å². The topological polar surface area (TPSA) is 72.5 Å². The van der Waals surface area contributed by atoms with Crippen LogP contribution in [0.25, 0.3) is 0 Å². The van der Waals surface area contributed by atoms with E-state index in [1.54, 1.807) is 18.4 Å². The lowest BCUT2D eigenvalue weighted by molar-refractivity contribution is -0.165. The fourth-order valence-electron chi connectivity index (χ4n) is 6.08. The Balaban J connectivity index is 1.21. The largest absolute Gasteiger partial charge is 0.455 e. The average Bonchev–Trinajstić information content (AvgIpc) is 3.18. The van der Waals surface area contributed by atoms with E-state index in [0.29, 0.717) is 36.3 Å². The maximum absolute atomic E-state index is 13.1. The first-order valence-corrected chi connectivity index (χ1v) is 11.4. The zero-order valence-electron chi connectivity index (χ0n) is 16.4. The van der Waals surface area contributed by atoms with Gasteiger partial charge in [0.2, 0.25) is 0 Å². The summed E-state index contributed by atoms with van der Waals surface area (Å²) in [5.74, 6) is 1.76. The molecule has 1 heterocycles. The molecule has 5 nitrogen and oxygen atoms in total. The van der Waals surface area contributed by atoms with Crippen molar-refractivity contribution < 1.29 is 19.1 Å².